The van der Waals surface area contributed by atoms with E-state index in [9.17, 15) is 14.4 Å². The van der Waals surface area contributed by atoms with E-state index in [0.29, 0.717) is 23.8 Å². The third-order valence-corrected chi connectivity index (χ3v) is 4.11. The summed E-state index contributed by atoms with van der Waals surface area (Å²) in [4.78, 5) is 35.9. The number of carbonyl (C=O) groups excluding carboxylic acids is 3. The zero-order chi connectivity index (χ0) is 22.6. The first kappa shape index (κ1) is 23.8. The fourth-order valence-corrected chi connectivity index (χ4v) is 2.80. The smallest absolute Gasteiger partial charge is 0.407 e. The summed E-state index contributed by atoms with van der Waals surface area (Å²) in [5, 5.41) is 8.20. The largest absolute Gasteiger partial charge is 0.484 e. The molecule has 0 aliphatic heterocycles. The topological polar surface area (TPSA) is 119 Å². The van der Waals surface area contributed by atoms with Gasteiger partial charge in [0.25, 0.3) is 11.8 Å². The van der Waals surface area contributed by atoms with E-state index in [2.05, 4.69) is 16.0 Å². The number of nitrogens with one attached hydrogen (secondary N) is 3. The summed E-state index contributed by atoms with van der Waals surface area (Å²) in [6, 6.07) is 9.63. The highest BCUT2D eigenvalue weighted by molar-refractivity contribution is 6.02. The van der Waals surface area contributed by atoms with Crippen LogP contribution in [0.25, 0.3) is 0 Å². The molecule has 0 bridgehead atoms. The lowest BCUT2D eigenvalue weighted by atomic mass is 10.0. The van der Waals surface area contributed by atoms with Crippen molar-refractivity contribution < 1.29 is 28.3 Å². The quantitative estimate of drug-likeness (QED) is 0.503. The Morgan fingerprint density at radius 2 is 1.94 bits per heavy atom. The third kappa shape index (κ3) is 8.81. The molecule has 9 heteroatoms. The maximum atomic E-state index is 12.2. The van der Waals surface area contributed by atoms with Gasteiger partial charge in [0.2, 0.25) is 0 Å². The number of alkyl carbamates (subject to hydrolysis) is 1. The molecule has 1 aromatic heterocycles. The van der Waals surface area contributed by atoms with E-state index < -0.39 is 6.09 Å². The summed E-state index contributed by atoms with van der Waals surface area (Å²) in [6.45, 7) is 6.13. The molecular weight excluding hydrogens is 402 g/mol. The van der Waals surface area contributed by atoms with Gasteiger partial charge in [-0.1, -0.05) is 19.9 Å². The number of furan rings is 1. The lowest BCUT2D eigenvalue weighted by Gasteiger charge is -2.20. The molecule has 0 fully saturated rings. The van der Waals surface area contributed by atoms with Crippen molar-refractivity contribution in [2.45, 2.75) is 33.2 Å². The highest BCUT2D eigenvalue weighted by atomic mass is 16.5. The van der Waals surface area contributed by atoms with Gasteiger partial charge >= 0.3 is 6.09 Å². The minimum absolute atomic E-state index is 0.193. The van der Waals surface area contributed by atoms with E-state index in [4.69, 9.17) is 13.9 Å². The van der Waals surface area contributed by atoms with Crippen molar-refractivity contribution in [2.75, 3.05) is 25.1 Å². The van der Waals surface area contributed by atoms with Crippen LogP contribution in [0.5, 0.6) is 5.75 Å². The van der Waals surface area contributed by atoms with Crippen LogP contribution >= 0.6 is 0 Å². The average molecular weight is 431 g/mol. The number of hydrogen-bond acceptors (Lipinski definition) is 6. The summed E-state index contributed by atoms with van der Waals surface area (Å²) in [7, 11) is 0. The fraction of sp³-hybridized carbons (Fsp3) is 0.409. The molecule has 2 aromatic rings. The first-order valence-electron chi connectivity index (χ1n) is 10.1. The van der Waals surface area contributed by atoms with Crippen LogP contribution in [0.15, 0.2) is 47.1 Å². The van der Waals surface area contributed by atoms with Gasteiger partial charge < -0.3 is 29.8 Å². The number of carbonyl (C=O) groups is 3. The van der Waals surface area contributed by atoms with Gasteiger partial charge in [0.1, 0.15) is 5.75 Å². The van der Waals surface area contributed by atoms with Gasteiger partial charge in [0, 0.05) is 24.3 Å². The molecule has 168 valence electrons. The highest BCUT2D eigenvalue weighted by Crippen LogP contribution is 2.18. The molecule has 3 N–H and O–H groups in total. The monoisotopic (exact) mass is 431 g/mol. The van der Waals surface area contributed by atoms with Crippen LogP contribution in [0.4, 0.5) is 10.5 Å². The highest BCUT2D eigenvalue weighted by Gasteiger charge is 2.16. The van der Waals surface area contributed by atoms with Crippen LogP contribution in [0.1, 0.15) is 37.7 Å². The second-order valence-electron chi connectivity index (χ2n) is 7.24. The molecule has 0 radical (unpaired) electrons. The van der Waals surface area contributed by atoms with Gasteiger partial charge in [0.15, 0.2) is 12.4 Å². The van der Waals surface area contributed by atoms with E-state index in [0.717, 1.165) is 0 Å². The number of anilines is 1. The van der Waals surface area contributed by atoms with Crippen LogP contribution in [0.2, 0.25) is 0 Å². The standard InChI is InChI=1S/C22H29N3O6/c1-4-29-22(28)25-17(11-15(2)3)13-23-20(26)14-31-18-8-5-7-16(12-18)24-21(27)19-9-6-10-30-19/h5-10,12,15,17H,4,11,13-14H2,1-3H3,(H,23,26)(H,24,27)(H,25,28). The lowest BCUT2D eigenvalue weighted by Crippen LogP contribution is -2.45. The average Bonchev–Trinajstić information content (AvgIpc) is 3.25. The Morgan fingerprint density at radius 1 is 1.13 bits per heavy atom. The maximum absolute atomic E-state index is 12.2. The van der Waals surface area contributed by atoms with Crippen molar-refractivity contribution in [3.63, 3.8) is 0 Å². The molecule has 0 spiro atoms. The molecule has 2 rings (SSSR count). The minimum atomic E-state index is -0.507. The summed E-state index contributed by atoms with van der Waals surface area (Å²) in [5.74, 6) is 0.239. The molecule has 31 heavy (non-hydrogen) atoms. The predicted octanol–water partition coefficient (Wildman–Crippen LogP) is 3.19. The SMILES string of the molecule is CCOC(=O)NC(CNC(=O)COc1cccc(NC(=O)c2ccco2)c1)CC(C)C. The number of rotatable bonds is 11. The van der Waals surface area contributed by atoms with Crippen molar-refractivity contribution in [3.8, 4) is 5.75 Å². The Hall–Kier alpha value is -3.49. The molecule has 1 unspecified atom stereocenters. The van der Waals surface area contributed by atoms with E-state index in [-0.39, 0.29) is 43.4 Å². The van der Waals surface area contributed by atoms with Crippen molar-refractivity contribution >= 4 is 23.6 Å². The second-order valence-corrected chi connectivity index (χ2v) is 7.24. The summed E-state index contributed by atoms with van der Waals surface area (Å²) >= 11 is 0. The van der Waals surface area contributed by atoms with Gasteiger partial charge in [-0.05, 0) is 43.5 Å². The summed E-state index contributed by atoms with van der Waals surface area (Å²) < 4.78 is 15.5. The zero-order valence-electron chi connectivity index (χ0n) is 18.0. The van der Waals surface area contributed by atoms with E-state index in [1.807, 2.05) is 13.8 Å². The first-order chi connectivity index (χ1) is 14.9. The summed E-state index contributed by atoms with van der Waals surface area (Å²) in [5.41, 5.74) is 0.509. The predicted molar refractivity (Wildman–Crippen MR) is 115 cm³/mol. The van der Waals surface area contributed by atoms with E-state index >= 15 is 0 Å². The fourth-order valence-electron chi connectivity index (χ4n) is 2.80. The molecule has 3 amide bonds. The van der Waals surface area contributed by atoms with Crippen molar-refractivity contribution in [1.82, 2.24) is 10.6 Å². The van der Waals surface area contributed by atoms with Gasteiger partial charge in [0.05, 0.1) is 12.9 Å². The van der Waals surface area contributed by atoms with Crippen molar-refractivity contribution in [2.24, 2.45) is 5.92 Å². The van der Waals surface area contributed by atoms with Gasteiger partial charge in [-0.15, -0.1) is 0 Å². The maximum Gasteiger partial charge on any atom is 0.407 e. The van der Waals surface area contributed by atoms with Crippen LogP contribution in [0.3, 0.4) is 0 Å². The van der Waals surface area contributed by atoms with Crippen molar-refractivity contribution in [1.29, 1.82) is 0 Å². The molecule has 1 heterocycles. The van der Waals surface area contributed by atoms with Gasteiger partial charge in [-0.25, -0.2) is 4.79 Å². The second kappa shape index (κ2) is 12.3. The summed E-state index contributed by atoms with van der Waals surface area (Å²) in [6.07, 6.45) is 1.60. The molecule has 0 saturated carbocycles. The van der Waals surface area contributed by atoms with Crippen LogP contribution < -0.4 is 20.7 Å². The molecular formula is C22H29N3O6. The van der Waals surface area contributed by atoms with E-state index in [1.165, 1.54) is 6.26 Å². The molecule has 9 nitrogen and oxygen atoms in total. The Bertz CT molecular complexity index is 851. The minimum Gasteiger partial charge on any atom is -0.484 e. The van der Waals surface area contributed by atoms with E-state index in [1.54, 1.807) is 43.3 Å². The van der Waals surface area contributed by atoms with Crippen LogP contribution in [-0.4, -0.2) is 43.7 Å². The first-order valence-corrected chi connectivity index (χ1v) is 10.1. The molecule has 0 saturated heterocycles. The Balaban J connectivity index is 1.81. The normalized spacial score (nSPS) is 11.5. The molecule has 0 aliphatic rings. The number of benzene rings is 1. The number of hydrogen-bond donors (Lipinski definition) is 3. The zero-order valence-corrected chi connectivity index (χ0v) is 18.0. The third-order valence-electron chi connectivity index (χ3n) is 4.11. The number of ether oxygens (including phenoxy) is 2. The van der Waals surface area contributed by atoms with Crippen LogP contribution in [0, 0.1) is 5.92 Å². The lowest BCUT2D eigenvalue weighted by molar-refractivity contribution is -0.123. The van der Waals surface area contributed by atoms with Gasteiger partial charge in [-0.2, -0.15) is 0 Å². The molecule has 0 aliphatic carbocycles. The van der Waals surface area contributed by atoms with Crippen LogP contribution in [-0.2, 0) is 9.53 Å². The van der Waals surface area contributed by atoms with Crippen molar-refractivity contribution in [3.05, 3.63) is 48.4 Å². The number of amides is 3. The molecule has 1 atom stereocenters. The Morgan fingerprint density at radius 3 is 2.61 bits per heavy atom. The Kier molecular flexibility index (Phi) is 9.41. The Labute approximate surface area is 181 Å². The molecule has 1 aromatic carbocycles. The van der Waals surface area contributed by atoms with Gasteiger partial charge in [-0.3, -0.25) is 9.59 Å².